The fourth-order valence-electron chi connectivity index (χ4n) is 2.35. The van der Waals surface area contributed by atoms with Crippen LogP contribution in [-0.4, -0.2) is 43.6 Å². The summed E-state index contributed by atoms with van der Waals surface area (Å²) in [5.74, 6) is -0.410. The van der Waals surface area contributed by atoms with Crippen LogP contribution >= 0.6 is 45.2 Å². The zero-order chi connectivity index (χ0) is 21.4. The molecule has 0 saturated heterocycles. The largest absolute Gasteiger partial charge is 0.300 e. The molecule has 0 spiro atoms. The van der Waals surface area contributed by atoms with Gasteiger partial charge in [-0.25, -0.2) is 0 Å². The number of hydrogen-bond donors (Lipinski definition) is 0. The molecule has 0 unspecified atom stereocenters. The Balaban J connectivity index is 3.84. The smallest absolute Gasteiger partial charge is 0.134 e. The zero-order valence-corrected chi connectivity index (χ0v) is 20.4. The summed E-state index contributed by atoms with van der Waals surface area (Å²) in [4.78, 5) is 69.7. The van der Waals surface area contributed by atoms with Gasteiger partial charge in [0.2, 0.25) is 0 Å². The minimum Gasteiger partial charge on any atom is -0.300 e. The summed E-state index contributed by atoms with van der Waals surface area (Å²) >= 11 is 4.22. The Bertz CT molecular complexity index is 521. The Morgan fingerprint density at radius 1 is 0.321 bits per heavy atom. The highest BCUT2D eigenvalue weighted by molar-refractivity contribution is 14.1. The van der Waals surface area contributed by atoms with Gasteiger partial charge in [-0.3, -0.25) is 28.8 Å². The molecule has 0 aromatic heterocycles. The van der Waals surface area contributed by atoms with Gasteiger partial charge in [0.15, 0.2) is 0 Å². The van der Waals surface area contributed by atoms with Crippen LogP contribution in [-0.2, 0) is 28.8 Å². The van der Waals surface area contributed by atoms with Gasteiger partial charge < -0.3 is 0 Å². The molecule has 6 nitrogen and oxygen atoms in total. The minimum atomic E-state index is -0.156. The molecule has 0 aliphatic heterocycles. The molecule has 0 bridgehead atoms. The first-order valence-corrected chi connectivity index (χ1v) is 12.6. The van der Waals surface area contributed by atoms with Gasteiger partial charge in [0.05, 0.1) is 0 Å². The van der Waals surface area contributed by atoms with Crippen molar-refractivity contribution in [3.8, 4) is 0 Å². The molecule has 0 atom stereocenters. The summed E-state index contributed by atoms with van der Waals surface area (Å²) in [5.41, 5.74) is 0. The quantitative estimate of drug-likeness (QED) is 0.161. The molecule has 0 aliphatic carbocycles. The van der Waals surface area contributed by atoms with Crippen molar-refractivity contribution in [3.63, 3.8) is 0 Å². The van der Waals surface area contributed by atoms with Crippen molar-refractivity contribution in [1.82, 2.24) is 0 Å². The molecule has 0 aliphatic rings. The van der Waals surface area contributed by atoms with E-state index in [1.54, 1.807) is 0 Å². The number of ketones is 6. The van der Waals surface area contributed by atoms with Crippen LogP contribution in [0, 0.1) is 0 Å². The maximum absolute atomic E-state index is 11.8. The van der Waals surface area contributed by atoms with E-state index in [0.29, 0.717) is 12.8 Å². The van der Waals surface area contributed by atoms with Crippen LogP contribution in [0.4, 0.5) is 0 Å². The van der Waals surface area contributed by atoms with E-state index in [9.17, 15) is 28.8 Å². The molecular formula is C20H28I2O6. The van der Waals surface area contributed by atoms with Gasteiger partial charge in [0.25, 0.3) is 0 Å². The molecule has 158 valence electrons. The minimum absolute atomic E-state index is 0.0589. The van der Waals surface area contributed by atoms with Crippen LogP contribution in [0.1, 0.15) is 77.0 Å². The molecule has 0 heterocycles. The number of carbonyl (C=O) groups is 6. The average Bonchev–Trinajstić information content (AvgIpc) is 2.66. The fraction of sp³-hybridized carbons (Fsp3) is 0.700. The molecule has 0 fully saturated rings. The third kappa shape index (κ3) is 16.4. The summed E-state index contributed by atoms with van der Waals surface area (Å²) in [7, 11) is 0. The van der Waals surface area contributed by atoms with E-state index in [0.717, 1.165) is 8.86 Å². The highest BCUT2D eigenvalue weighted by atomic mass is 127. The number of alkyl halides is 2. The van der Waals surface area contributed by atoms with Crippen molar-refractivity contribution in [3.05, 3.63) is 0 Å². The van der Waals surface area contributed by atoms with E-state index in [2.05, 4.69) is 45.2 Å². The number of carbonyl (C=O) groups excluding carboxylic acids is 6. The first-order chi connectivity index (χ1) is 13.3. The van der Waals surface area contributed by atoms with Crippen molar-refractivity contribution in [1.29, 1.82) is 0 Å². The predicted octanol–water partition coefficient (Wildman–Crippen LogP) is 3.95. The van der Waals surface area contributed by atoms with Crippen molar-refractivity contribution in [2.45, 2.75) is 77.0 Å². The maximum atomic E-state index is 11.8. The average molecular weight is 618 g/mol. The summed E-state index contributed by atoms with van der Waals surface area (Å²) < 4.78 is 1.47. The highest BCUT2D eigenvalue weighted by Gasteiger charge is 2.13. The maximum Gasteiger partial charge on any atom is 0.134 e. The summed E-state index contributed by atoms with van der Waals surface area (Å²) in [6.07, 6.45) is 2.26. The second-order valence-corrected chi connectivity index (χ2v) is 8.77. The molecule has 0 saturated carbocycles. The van der Waals surface area contributed by atoms with E-state index in [1.165, 1.54) is 0 Å². The second-order valence-electron chi connectivity index (χ2n) is 6.61. The predicted molar refractivity (Wildman–Crippen MR) is 123 cm³/mol. The van der Waals surface area contributed by atoms with Crippen molar-refractivity contribution in [2.24, 2.45) is 0 Å². The van der Waals surface area contributed by atoms with E-state index in [-0.39, 0.29) is 98.9 Å². The first-order valence-electron chi connectivity index (χ1n) is 9.50. The molecule has 28 heavy (non-hydrogen) atoms. The lowest BCUT2D eigenvalue weighted by molar-refractivity contribution is -0.127. The SMILES string of the molecule is O=C(CCI)CCC(=O)CCC(=O)CCC(=O)CCC(=O)CCC(=O)CCI. The Morgan fingerprint density at radius 2 is 0.464 bits per heavy atom. The number of Topliss-reactive ketones (excluding diaryl/α,β-unsaturated/α-hetero) is 6. The van der Waals surface area contributed by atoms with E-state index in [4.69, 9.17) is 0 Å². The number of hydrogen-bond acceptors (Lipinski definition) is 6. The lowest BCUT2D eigenvalue weighted by Crippen LogP contribution is -2.10. The third-order valence-electron chi connectivity index (χ3n) is 4.16. The summed E-state index contributed by atoms with van der Waals surface area (Å²) in [6, 6.07) is 0. The van der Waals surface area contributed by atoms with Crippen LogP contribution in [0.25, 0.3) is 0 Å². The summed E-state index contributed by atoms with van der Waals surface area (Å²) in [5, 5.41) is 0. The second kappa shape index (κ2) is 17.3. The molecule has 0 aromatic rings. The van der Waals surface area contributed by atoms with Crippen LogP contribution in [0.15, 0.2) is 0 Å². The Labute approximate surface area is 193 Å². The van der Waals surface area contributed by atoms with Gasteiger partial charge >= 0.3 is 0 Å². The molecule has 0 aromatic carbocycles. The first kappa shape index (κ1) is 27.5. The number of rotatable bonds is 19. The number of halogens is 2. The normalized spacial score (nSPS) is 10.5. The third-order valence-corrected chi connectivity index (χ3v) is 5.24. The van der Waals surface area contributed by atoms with Crippen LogP contribution < -0.4 is 0 Å². The van der Waals surface area contributed by atoms with Crippen LogP contribution in [0.5, 0.6) is 0 Å². The van der Waals surface area contributed by atoms with Gasteiger partial charge in [0, 0.05) is 85.9 Å². The van der Waals surface area contributed by atoms with Gasteiger partial charge in [-0.2, -0.15) is 0 Å². The van der Waals surface area contributed by atoms with Gasteiger partial charge in [-0.1, -0.05) is 45.2 Å². The Hall–Kier alpha value is -0.520. The standard InChI is InChI=1S/C20H28I2O6/c21-13-11-19(27)9-7-17(25)5-3-15(23)1-2-16(24)4-6-18(26)8-10-20(28)12-14-22/h1-14H2. The fourth-order valence-corrected chi connectivity index (χ4v) is 3.56. The Kier molecular flexibility index (Phi) is 17.0. The molecule has 8 heteroatoms. The molecule has 0 radical (unpaired) electrons. The van der Waals surface area contributed by atoms with E-state index < -0.39 is 0 Å². The van der Waals surface area contributed by atoms with E-state index in [1.807, 2.05) is 0 Å². The van der Waals surface area contributed by atoms with Gasteiger partial charge in [0.1, 0.15) is 34.7 Å². The monoisotopic (exact) mass is 618 g/mol. The lowest BCUT2D eigenvalue weighted by atomic mass is 10.0. The van der Waals surface area contributed by atoms with Crippen LogP contribution in [0.2, 0.25) is 0 Å². The Morgan fingerprint density at radius 3 is 0.607 bits per heavy atom. The molecular weight excluding hydrogens is 590 g/mol. The lowest BCUT2D eigenvalue weighted by Gasteiger charge is -2.03. The van der Waals surface area contributed by atoms with Crippen molar-refractivity contribution < 1.29 is 28.8 Å². The van der Waals surface area contributed by atoms with Gasteiger partial charge in [-0.15, -0.1) is 0 Å². The molecule has 0 amide bonds. The van der Waals surface area contributed by atoms with Crippen molar-refractivity contribution in [2.75, 3.05) is 8.86 Å². The topological polar surface area (TPSA) is 102 Å². The van der Waals surface area contributed by atoms with E-state index >= 15 is 0 Å². The zero-order valence-electron chi connectivity index (χ0n) is 16.1. The molecule has 0 rings (SSSR count). The van der Waals surface area contributed by atoms with Gasteiger partial charge in [-0.05, 0) is 0 Å². The van der Waals surface area contributed by atoms with Crippen LogP contribution in [0.3, 0.4) is 0 Å². The van der Waals surface area contributed by atoms with Crippen molar-refractivity contribution >= 4 is 79.9 Å². The summed E-state index contributed by atoms with van der Waals surface area (Å²) in [6.45, 7) is 0. The molecule has 0 N–H and O–H groups in total. The highest BCUT2D eigenvalue weighted by Crippen LogP contribution is 2.08.